The van der Waals surface area contributed by atoms with Gasteiger partial charge in [-0.15, -0.1) is 13.2 Å². The van der Waals surface area contributed by atoms with Crippen LogP contribution < -0.4 is 4.74 Å². The third-order valence-corrected chi connectivity index (χ3v) is 5.16. The zero-order valence-electron chi connectivity index (χ0n) is 16.2. The van der Waals surface area contributed by atoms with Crippen LogP contribution in [0.1, 0.15) is 24.1 Å². The van der Waals surface area contributed by atoms with Gasteiger partial charge in [0.2, 0.25) is 5.90 Å². The Morgan fingerprint density at radius 3 is 2.13 bits per heavy atom. The first kappa shape index (κ1) is 21.2. The summed E-state index contributed by atoms with van der Waals surface area (Å²) in [6.45, 7) is 1.84. The second-order valence-corrected chi connectivity index (χ2v) is 7.40. The van der Waals surface area contributed by atoms with E-state index in [0.717, 1.165) is 16.7 Å². The van der Waals surface area contributed by atoms with Crippen molar-refractivity contribution in [3.8, 4) is 16.9 Å². The van der Waals surface area contributed by atoms with E-state index in [1.165, 1.54) is 24.3 Å². The van der Waals surface area contributed by atoms with Gasteiger partial charge in [0, 0.05) is 0 Å². The molecular formula is C23H16ClF4NO2. The summed E-state index contributed by atoms with van der Waals surface area (Å²) in [4.78, 5) is 4.53. The van der Waals surface area contributed by atoms with Gasteiger partial charge in [-0.2, -0.15) is 0 Å². The molecule has 160 valence electrons. The van der Waals surface area contributed by atoms with Crippen LogP contribution in [-0.2, 0) is 4.74 Å². The fourth-order valence-electron chi connectivity index (χ4n) is 3.40. The summed E-state index contributed by atoms with van der Waals surface area (Å²) in [6.07, 6.45) is -5.05. The van der Waals surface area contributed by atoms with E-state index >= 15 is 0 Å². The van der Waals surface area contributed by atoms with Crippen molar-refractivity contribution in [3.63, 3.8) is 0 Å². The topological polar surface area (TPSA) is 30.8 Å². The Hall–Kier alpha value is -3.06. The Kier molecular flexibility index (Phi) is 5.62. The second kappa shape index (κ2) is 8.23. The van der Waals surface area contributed by atoms with E-state index in [4.69, 9.17) is 16.3 Å². The number of ether oxygens (including phenoxy) is 2. The van der Waals surface area contributed by atoms with Crippen LogP contribution in [0.5, 0.6) is 5.75 Å². The molecule has 0 bridgehead atoms. The average molecular weight is 450 g/mol. The van der Waals surface area contributed by atoms with Crippen LogP contribution in [-0.4, -0.2) is 18.4 Å². The lowest BCUT2D eigenvalue weighted by atomic mass is 9.99. The maximum atomic E-state index is 14.2. The van der Waals surface area contributed by atoms with Crippen molar-refractivity contribution in [2.75, 3.05) is 0 Å². The highest BCUT2D eigenvalue weighted by Crippen LogP contribution is 2.34. The van der Waals surface area contributed by atoms with Crippen molar-refractivity contribution in [1.82, 2.24) is 0 Å². The number of rotatable bonds is 4. The van der Waals surface area contributed by atoms with E-state index in [1.807, 2.05) is 31.2 Å². The number of aliphatic imine (C=N–C) groups is 1. The Balaban J connectivity index is 1.55. The fourth-order valence-corrected chi connectivity index (χ4v) is 3.64. The summed E-state index contributed by atoms with van der Waals surface area (Å²) in [6, 6.07) is 17.1. The van der Waals surface area contributed by atoms with Crippen LogP contribution in [0.2, 0.25) is 5.02 Å². The predicted molar refractivity (Wildman–Crippen MR) is 110 cm³/mol. The molecule has 0 unspecified atom stereocenters. The highest BCUT2D eigenvalue weighted by atomic mass is 35.5. The van der Waals surface area contributed by atoms with Crippen LogP contribution in [0.15, 0.2) is 71.7 Å². The smallest absolute Gasteiger partial charge is 0.472 e. The van der Waals surface area contributed by atoms with Crippen LogP contribution in [0, 0.1) is 5.82 Å². The monoisotopic (exact) mass is 449 g/mol. The molecule has 1 aliphatic heterocycles. The molecule has 3 aromatic carbocycles. The normalized spacial score (nSPS) is 18.5. The van der Waals surface area contributed by atoms with Gasteiger partial charge in [-0.05, 0) is 47.9 Å². The SMILES string of the molecule is C[C@@H]1OC(c2c(F)cccc2Cl)=N[C@@H]1c1ccc(-c2ccc(OC(F)(F)F)cc2)cc1. The number of hydrogen-bond donors (Lipinski definition) is 0. The van der Waals surface area contributed by atoms with E-state index in [2.05, 4.69) is 9.73 Å². The molecule has 0 saturated heterocycles. The molecule has 0 N–H and O–H groups in total. The first-order chi connectivity index (χ1) is 14.7. The van der Waals surface area contributed by atoms with Gasteiger partial charge < -0.3 is 9.47 Å². The van der Waals surface area contributed by atoms with Crippen molar-refractivity contribution in [1.29, 1.82) is 0 Å². The van der Waals surface area contributed by atoms with Crippen LogP contribution in [0.25, 0.3) is 11.1 Å². The maximum Gasteiger partial charge on any atom is 0.573 e. The standard InChI is InChI=1S/C23H16ClF4NO2/c1-13-21(29-22(30-13)20-18(24)3-2-4-19(20)25)16-7-5-14(6-8-16)15-9-11-17(12-10-15)31-23(26,27)28/h2-13,21H,1H3/t13-,21-/m0/s1. The van der Waals surface area contributed by atoms with Gasteiger partial charge in [0.05, 0.1) is 10.6 Å². The zero-order valence-corrected chi connectivity index (χ0v) is 16.9. The van der Waals surface area contributed by atoms with E-state index in [1.54, 1.807) is 18.2 Å². The number of nitrogens with zero attached hydrogens (tertiary/aromatic N) is 1. The maximum absolute atomic E-state index is 14.2. The molecule has 0 aromatic heterocycles. The van der Waals surface area contributed by atoms with E-state index in [0.29, 0.717) is 0 Å². The number of benzene rings is 3. The second-order valence-electron chi connectivity index (χ2n) is 6.99. The van der Waals surface area contributed by atoms with E-state index in [9.17, 15) is 17.6 Å². The minimum absolute atomic E-state index is 0.135. The van der Waals surface area contributed by atoms with Gasteiger partial charge in [-0.1, -0.05) is 54.1 Å². The number of alkyl halides is 3. The van der Waals surface area contributed by atoms with Crippen molar-refractivity contribution in [3.05, 3.63) is 88.7 Å². The quantitative estimate of drug-likeness (QED) is 0.403. The molecule has 1 aliphatic rings. The Morgan fingerprint density at radius 2 is 1.55 bits per heavy atom. The highest BCUT2D eigenvalue weighted by molar-refractivity contribution is 6.33. The molecule has 0 radical (unpaired) electrons. The molecule has 2 atom stereocenters. The van der Waals surface area contributed by atoms with Gasteiger partial charge in [0.15, 0.2) is 0 Å². The molecule has 0 spiro atoms. The van der Waals surface area contributed by atoms with E-state index < -0.39 is 12.2 Å². The van der Waals surface area contributed by atoms with Crippen molar-refractivity contribution >= 4 is 17.5 Å². The number of halogens is 5. The lowest BCUT2D eigenvalue weighted by molar-refractivity contribution is -0.274. The molecule has 1 heterocycles. The third kappa shape index (κ3) is 4.66. The lowest BCUT2D eigenvalue weighted by Crippen LogP contribution is -2.16. The van der Waals surface area contributed by atoms with E-state index in [-0.39, 0.29) is 34.4 Å². The van der Waals surface area contributed by atoms with Gasteiger partial charge in [-0.3, -0.25) is 0 Å². The minimum atomic E-state index is -4.73. The Morgan fingerprint density at radius 1 is 0.935 bits per heavy atom. The molecule has 8 heteroatoms. The molecule has 0 aliphatic carbocycles. The largest absolute Gasteiger partial charge is 0.573 e. The zero-order chi connectivity index (χ0) is 22.2. The van der Waals surface area contributed by atoms with Gasteiger partial charge in [-0.25, -0.2) is 9.38 Å². The summed E-state index contributed by atoms with van der Waals surface area (Å²) in [5.41, 5.74) is 2.54. The van der Waals surface area contributed by atoms with Gasteiger partial charge in [0.25, 0.3) is 0 Å². The van der Waals surface area contributed by atoms with Crippen LogP contribution in [0.4, 0.5) is 17.6 Å². The summed E-state index contributed by atoms with van der Waals surface area (Å²) < 4.78 is 60.7. The summed E-state index contributed by atoms with van der Waals surface area (Å²) in [7, 11) is 0. The molecule has 3 nitrogen and oxygen atoms in total. The third-order valence-electron chi connectivity index (χ3n) is 4.85. The van der Waals surface area contributed by atoms with Crippen LogP contribution in [0.3, 0.4) is 0 Å². The Labute approximate surface area is 180 Å². The molecule has 3 aromatic rings. The minimum Gasteiger partial charge on any atom is -0.472 e. The molecule has 0 amide bonds. The molecule has 4 rings (SSSR count). The first-order valence-electron chi connectivity index (χ1n) is 9.36. The van der Waals surface area contributed by atoms with Crippen molar-refractivity contribution < 1.29 is 27.0 Å². The fraction of sp³-hybridized carbons (Fsp3) is 0.174. The van der Waals surface area contributed by atoms with Crippen molar-refractivity contribution in [2.45, 2.75) is 25.4 Å². The van der Waals surface area contributed by atoms with Gasteiger partial charge >= 0.3 is 6.36 Å². The molecule has 0 saturated carbocycles. The predicted octanol–water partition coefficient (Wildman–Crippen LogP) is 6.95. The Bertz CT molecular complexity index is 1090. The molecular weight excluding hydrogens is 434 g/mol. The lowest BCUT2D eigenvalue weighted by Gasteiger charge is -2.14. The summed E-state index contributed by atoms with van der Waals surface area (Å²) >= 11 is 6.11. The highest BCUT2D eigenvalue weighted by Gasteiger charge is 2.32. The molecule has 31 heavy (non-hydrogen) atoms. The molecule has 0 fully saturated rings. The van der Waals surface area contributed by atoms with Gasteiger partial charge in [0.1, 0.15) is 23.7 Å². The summed E-state index contributed by atoms with van der Waals surface area (Å²) in [5, 5.41) is 0.222. The summed E-state index contributed by atoms with van der Waals surface area (Å²) in [5.74, 6) is -0.629. The average Bonchev–Trinajstić information content (AvgIpc) is 3.08. The number of hydrogen-bond acceptors (Lipinski definition) is 3. The first-order valence-corrected chi connectivity index (χ1v) is 9.74. The van der Waals surface area contributed by atoms with Crippen LogP contribution >= 0.6 is 11.6 Å². The van der Waals surface area contributed by atoms with Crippen molar-refractivity contribution in [2.24, 2.45) is 4.99 Å².